The maximum absolute atomic E-state index is 12.3. The van der Waals surface area contributed by atoms with Gasteiger partial charge in [-0.15, -0.1) is 10.2 Å². The van der Waals surface area contributed by atoms with Crippen molar-refractivity contribution >= 4 is 28.7 Å². The molecule has 0 bridgehead atoms. The first kappa shape index (κ1) is 19.1. The van der Waals surface area contributed by atoms with E-state index in [0.29, 0.717) is 28.2 Å². The van der Waals surface area contributed by atoms with Crippen molar-refractivity contribution < 1.29 is 23.1 Å². The van der Waals surface area contributed by atoms with Crippen molar-refractivity contribution in [3.8, 4) is 17.2 Å². The molecule has 8 heteroatoms. The number of furan rings is 1. The lowest BCUT2D eigenvalue weighted by Gasteiger charge is -2.03. The number of methoxy groups -OCH3 is 1. The van der Waals surface area contributed by atoms with E-state index in [0.717, 1.165) is 16.5 Å². The topological polar surface area (TPSA) is 87.6 Å². The maximum atomic E-state index is 12.3. The maximum Gasteiger partial charge on any atom is 0.374 e. The molecule has 0 radical (unpaired) electrons. The van der Waals surface area contributed by atoms with Gasteiger partial charge in [-0.2, -0.15) is 0 Å². The van der Waals surface area contributed by atoms with Gasteiger partial charge < -0.3 is 18.3 Å². The van der Waals surface area contributed by atoms with Gasteiger partial charge in [0.25, 0.3) is 11.1 Å². The van der Waals surface area contributed by atoms with E-state index < -0.39 is 5.97 Å². The van der Waals surface area contributed by atoms with Crippen LogP contribution >= 0.6 is 11.8 Å². The van der Waals surface area contributed by atoms with Crippen molar-refractivity contribution in [2.24, 2.45) is 0 Å². The lowest BCUT2D eigenvalue weighted by atomic mass is 10.1. The molecule has 0 aliphatic rings. The number of nitrogens with zero attached hydrogens (tertiary/aromatic N) is 2. The highest BCUT2D eigenvalue weighted by Gasteiger charge is 2.22. The quantitative estimate of drug-likeness (QED) is 0.312. The lowest BCUT2D eigenvalue weighted by molar-refractivity contribution is 0.0491. The molecule has 2 aromatic carbocycles. The summed E-state index contributed by atoms with van der Waals surface area (Å²) in [5.41, 5.74) is 2.09. The fourth-order valence-electron chi connectivity index (χ4n) is 2.94. The van der Waals surface area contributed by atoms with Crippen LogP contribution in [0.3, 0.4) is 0 Å². The van der Waals surface area contributed by atoms with Crippen molar-refractivity contribution in [2.75, 3.05) is 13.7 Å². The number of para-hydroxylation sites is 2. The summed E-state index contributed by atoms with van der Waals surface area (Å²) in [6, 6.07) is 14.9. The molecule has 0 atom stereocenters. The molecular weight excluding hydrogens is 392 g/mol. The smallest absolute Gasteiger partial charge is 0.374 e. The van der Waals surface area contributed by atoms with Crippen LogP contribution in [0.4, 0.5) is 0 Å². The Morgan fingerprint density at radius 2 is 1.86 bits per heavy atom. The van der Waals surface area contributed by atoms with Crippen LogP contribution in [0.25, 0.3) is 22.4 Å². The molecule has 0 N–H and O–H groups in total. The first-order valence-electron chi connectivity index (χ1n) is 8.98. The minimum atomic E-state index is -0.487. The van der Waals surface area contributed by atoms with Crippen LogP contribution in [0.5, 0.6) is 5.75 Å². The van der Waals surface area contributed by atoms with Gasteiger partial charge in [0.2, 0.25) is 5.76 Å². The van der Waals surface area contributed by atoms with Crippen LogP contribution < -0.4 is 4.74 Å². The van der Waals surface area contributed by atoms with Gasteiger partial charge >= 0.3 is 5.97 Å². The Bertz CT molecular complexity index is 1150. The zero-order valence-electron chi connectivity index (χ0n) is 15.9. The van der Waals surface area contributed by atoms with Crippen LogP contribution in [0.1, 0.15) is 23.0 Å². The summed E-state index contributed by atoms with van der Waals surface area (Å²) in [4.78, 5) is 12.3. The Morgan fingerprint density at radius 3 is 2.69 bits per heavy atom. The van der Waals surface area contributed by atoms with Gasteiger partial charge in [-0.25, -0.2) is 4.79 Å². The van der Waals surface area contributed by atoms with Gasteiger partial charge in [0.15, 0.2) is 0 Å². The molecule has 7 nitrogen and oxygen atoms in total. The van der Waals surface area contributed by atoms with E-state index in [1.54, 1.807) is 14.0 Å². The van der Waals surface area contributed by atoms with Crippen LogP contribution in [-0.2, 0) is 10.5 Å². The molecule has 0 aliphatic carbocycles. The summed E-state index contributed by atoms with van der Waals surface area (Å²) in [5.74, 6) is 1.15. The van der Waals surface area contributed by atoms with Gasteiger partial charge in [0, 0.05) is 16.7 Å². The number of carbonyl (C=O) groups is 1. The zero-order chi connectivity index (χ0) is 20.2. The number of esters is 1. The molecule has 2 aromatic heterocycles. The molecule has 29 heavy (non-hydrogen) atoms. The molecule has 0 saturated heterocycles. The van der Waals surface area contributed by atoms with Crippen LogP contribution in [0.2, 0.25) is 0 Å². The minimum Gasteiger partial charge on any atom is -0.496 e. The van der Waals surface area contributed by atoms with Crippen molar-refractivity contribution in [1.82, 2.24) is 10.2 Å². The van der Waals surface area contributed by atoms with E-state index in [4.69, 9.17) is 18.3 Å². The Labute approximate surface area is 171 Å². The van der Waals surface area contributed by atoms with E-state index in [1.807, 2.05) is 48.5 Å². The second kappa shape index (κ2) is 8.40. The largest absolute Gasteiger partial charge is 0.496 e. The van der Waals surface area contributed by atoms with E-state index in [-0.39, 0.29) is 12.4 Å². The van der Waals surface area contributed by atoms with E-state index in [1.165, 1.54) is 11.8 Å². The molecule has 0 aliphatic heterocycles. The predicted octanol–water partition coefficient (Wildman–Crippen LogP) is 4.96. The predicted molar refractivity (Wildman–Crippen MR) is 108 cm³/mol. The number of aromatic nitrogens is 2. The van der Waals surface area contributed by atoms with Gasteiger partial charge in [-0.1, -0.05) is 42.1 Å². The molecule has 148 valence electrons. The molecule has 4 aromatic rings. The number of carbonyl (C=O) groups excluding carboxylic acids is 1. The second-order valence-electron chi connectivity index (χ2n) is 5.99. The van der Waals surface area contributed by atoms with Crippen molar-refractivity contribution in [2.45, 2.75) is 17.9 Å². The number of fused-ring (bicyclic) bond motifs is 1. The van der Waals surface area contributed by atoms with Crippen LogP contribution in [-0.4, -0.2) is 29.9 Å². The first-order valence-corrected chi connectivity index (χ1v) is 9.97. The highest BCUT2D eigenvalue weighted by Crippen LogP contribution is 2.34. The average Bonchev–Trinajstić information content (AvgIpc) is 3.37. The highest BCUT2D eigenvalue weighted by atomic mass is 32.2. The van der Waals surface area contributed by atoms with Gasteiger partial charge in [-0.3, -0.25) is 0 Å². The molecule has 0 unspecified atom stereocenters. The zero-order valence-corrected chi connectivity index (χ0v) is 16.7. The Kier molecular flexibility index (Phi) is 5.53. The molecule has 2 heterocycles. The summed E-state index contributed by atoms with van der Waals surface area (Å²) in [5, 5.41) is 9.45. The number of hydrogen-bond acceptors (Lipinski definition) is 8. The molecule has 0 amide bonds. The number of ether oxygens (including phenoxy) is 2. The summed E-state index contributed by atoms with van der Waals surface area (Å²) in [6.07, 6.45) is 0. The van der Waals surface area contributed by atoms with E-state index in [9.17, 15) is 4.79 Å². The Balaban J connectivity index is 1.60. The highest BCUT2D eigenvalue weighted by molar-refractivity contribution is 7.98. The van der Waals surface area contributed by atoms with Crippen LogP contribution in [0.15, 0.2) is 62.6 Å². The van der Waals surface area contributed by atoms with Gasteiger partial charge in [-0.05, 0) is 25.1 Å². The van der Waals surface area contributed by atoms with Crippen molar-refractivity contribution in [3.05, 3.63) is 59.9 Å². The molecular formula is C21H18N2O5S. The monoisotopic (exact) mass is 410 g/mol. The molecule has 0 spiro atoms. The molecule has 4 rings (SSSR count). The minimum absolute atomic E-state index is 0.199. The third-order valence-electron chi connectivity index (χ3n) is 4.24. The van der Waals surface area contributed by atoms with Gasteiger partial charge in [0.05, 0.1) is 19.3 Å². The number of hydrogen-bond donors (Lipinski definition) is 0. The summed E-state index contributed by atoms with van der Waals surface area (Å²) < 4.78 is 22.0. The Hall–Kier alpha value is -3.26. The summed E-state index contributed by atoms with van der Waals surface area (Å²) >= 11 is 1.32. The van der Waals surface area contributed by atoms with E-state index >= 15 is 0 Å². The standard InChI is InChI=1S/C21H18N2O5S/c1-3-26-20(24)18-15(13-8-4-7-11-17(13)27-18)12-29-21-23-22-19(28-21)14-9-5-6-10-16(14)25-2/h4-11H,3,12H2,1-2H3. The second-order valence-corrected chi connectivity index (χ2v) is 6.92. The fraction of sp³-hybridized carbons (Fsp3) is 0.190. The average molecular weight is 410 g/mol. The first-order chi connectivity index (χ1) is 14.2. The van der Waals surface area contributed by atoms with Crippen LogP contribution in [0, 0.1) is 0 Å². The van der Waals surface area contributed by atoms with Gasteiger partial charge in [0.1, 0.15) is 11.3 Å². The lowest BCUT2D eigenvalue weighted by Crippen LogP contribution is -2.05. The SMILES string of the molecule is CCOC(=O)c1oc2ccccc2c1CSc1nnc(-c2ccccc2OC)o1. The summed E-state index contributed by atoms with van der Waals surface area (Å²) in [7, 11) is 1.59. The summed E-state index contributed by atoms with van der Waals surface area (Å²) in [6.45, 7) is 2.03. The number of benzene rings is 2. The number of thioether (sulfide) groups is 1. The van der Waals surface area contributed by atoms with E-state index in [2.05, 4.69) is 10.2 Å². The van der Waals surface area contributed by atoms with Crippen molar-refractivity contribution in [1.29, 1.82) is 0 Å². The fourth-order valence-corrected chi connectivity index (χ4v) is 3.73. The third-order valence-corrected chi connectivity index (χ3v) is 5.09. The molecule has 0 saturated carbocycles. The third kappa shape index (κ3) is 3.84. The Morgan fingerprint density at radius 1 is 1.07 bits per heavy atom. The van der Waals surface area contributed by atoms with Crippen molar-refractivity contribution in [3.63, 3.8) is 0 Å². The number of rotatable bonds is 7. The molecule has 0 fully saturated rings. The normalized spacial score (nSPS) is 11.0.